The SMILES string of the molecule is CCc1nc2ccc(C(=O)NCC(=O)NCC(=O)O)cn2c1C. The number of carboxylic acids is 1. The largest absolute Gasteiger partial charge is 0.480 e. The van der Waals surface area contributed by atoms with E-state index in [1.54, 1.807) is 18.3 Å². The molecular formula is C15H18N4O4. The molecule has 0 saturated heterocycles. The second-order valence-corrected chi connectivity index (χ2v) is 5.00. The first kappa shape index (κ1) is 16.5. The number of aliphatic carboxylic acids is 1. The van der Waals surface area contributed by atoms with E-state index in [-0.39, 0.29) is 6.54 Å². The maximum atomic E-state index is 12.1. The summed E-state index contributed by atoms with van der Waals surface area (Å²) in [5, 5.41) is 13.1. The lowest BCUT2D eigenvalue weighted by atomic mass is 10.2. The molecule has 0 fully saturated rings. The van der Waals surface area contributed by atoms with E-state index in [9.17, 15) is 14.4 Å². The number of nitrogens with one attached hydrogen (secondary N) is 2. The van der Waals surface area contributed by atoms with Crippen LogP contribution in [0, 0.1) is 6.92 Å². The molecule has 0 aromatic carbocycles. The van der Waals surface area contributed by atoms with Gasteiger partial charge in [0.25, 0.3) is 5.91 Å². The number of imidazole rings is 1. The highest BCUT2D eigenvalue weighted by Gasteiger charge is 2.12. The monoisotopic (exact) mass is 318 g/mol. The molecule has 0 bridgehead atoms. The van der Waals surface area contributed by atoms with Crippen LogP contribution in [0.5, 0.6) is 0 Å². The number of hydrogen-bond donors (Lipinski definition) is 3. The molecule has 0 unspecified atom stereocenters. The van der Waals surface area contributed by atoms with Crippen LogP contribution >= 0.6 is 0 Å². The number of amides is 2. The number of rotatable bonds is 6. The number of pyridine rings is 1. The van der Waals surface area contributed by atoms with Gasteiger partial charge in [0.1, 0.15) is 12.2 Å². The fourth-order valence-electron chi connectivity index (χ4n) is 2.18. The summed E-state index contributed by atoms with van der Waals surface area (Å²) in [5.74, 6) is -2.12. The van der Waals surface area contributed by atoms with Crippen LogP contribution in [0.1, 0.15) is 28.7 Å². The summed E-state index contributed by atoms with van der Waals surface area (Å²) in [7, 11) is 0. The standard InChI is InChI=1S/C15H18N4O4/c1-3-11-9(2)19-8-10(4-5-12(19)18-11)15(23)17-6-13(20)16-7-14(21)22/h4-5,8H,3,6-7H2,1-2H3,(H,16,20)(H,17,23)(H,21,22). The minimum atomic E-state index is -1.14. The van der Waals surface area contributed by atoms with E-state index in [1.165, 1.54) is 0 Å². The summed E-state index contributed by atoms with van der Waals surface area (Å²) in [6.45, 7) is 3.18. The Hall–Kier alpha value is -2.90. The van der Waals surface area contributed by atoms with Gasteiger partial charge in [-0.25, -0.2) is 4.98 Å². The van der Waals surface area contributed by atoms with Crippen LogP contribution in [-0.2, 0) is 16.0 Å². The van der Waals surface area contributed by atoms with E-state index in [1.807, 2.05) is 18.2 Å². The van der Waals surface area contributed by atoms with E-state index < -0.39 is 24.3 Å². The summed E-state index contributed by atoms with van der Waals surface area (Å²) in [6.07, 6.45) is 2.47. The first-order valence-corrected chi connectivity index (χ1v) is 7.16. The van der Waals surface area contributed by atoms with Gasteiger partial charge in [-0.05, 0) is 25.5 Å². The Bertz CT molecular complexity index is 766. The molecule has 0 spiro atoms. The predicted octanol–water partition coefficient (Wildman–Crippen LogP) is 0.136. The number of hydrogen-bond acceptors (Lipinski definition) is 4. The van der Waals surface area contributed by atoms with Crippen LogP contribution in [0.3, 0.4) is 0 Å². The lowest BCUT2D eigenvalue weighted by Gasteiger charge is -2.06. The maximum absolute atomic E-state index is 12.1. The first-order valence-electron chi connectivity index (χ1n) is 7.16. The molecule has 2 heterocycles. The lowest BCUT2D eigenvalue weighted by molar-refractivity contribution is -0.137. The molecule has 3 N–H and O–H groups in total. The fourth-order valence-corrected chi connectivity index (χ4v) is 2.18. The first-order chi connectivity index (χ1) is 10.9. The third kappa shape index (κ3) is 3.85. The van der Waals surface area contributed by atoms with E-state index in [4.69, 9.17) is 5.11 Å². The molecular weight excluding hydrogens is 300 g/mol. The third-order valence-corrected chi connectivity index (χ3v) is 3.40. The Morgan fingerprint density at radius 2 is 1.96 bits per heavy atom. The van der Waals surface area contributed by atoms with Gasteiger partial charge < -0.3 is 20.1 Å². The smallest absolute Gasteiger partial charge is 0.322 e. The molecule has 0 aliphatic heterocycles. The minimum absolute atomic E-state index is 0.284. The predicted molar refractivity (Wildman–Crippen MR) is 82.3 cm³/mol. The Balaban J connectivity index is 2.05. The number of aromatic nitrogens is 2. The van der Waals surface area contributed by atoms with Gasteiger partial charge in [-0.1, -0.05) is 6.92 Å². The highest BCUT2D eigenvalue weighted by Crippen LogP contribution is 2.13. The third-order valence-electron chi connectivity index (χ3n) is 3.40. The molecule has 8 nitrogen and oxygen atoms in total. The molecule has 0 saturated carbocycles. The van der Waals surface area contributed by atoms with Crippen molar-refractivity contribution in [1.29, 1.82) is 0 Å². The van der Waals surface area contributed by atoms with Crippen LogP contribution in [0.2, 0.25) is 0 Å². The van der Waals surface area contributed by atoms with Crippen molar-refractivity contribution in [3.63, 3.8) is 0 Å². The second kappa shape index (κ2) is 6.91. The van der Waals surface area contributed by atoms with Crippen molar-refractivity contribution >= 4 is 23.4 Å². The number of nitrogens with zero attached hydrogens (tertiary/aromatic N) is 2. The quantitative estimate of drug-likeness (QED) is 0.701. The van der Waals surface area contributed by atoms with E-state index in [0.717, 1.165) is 23.5 Å². The molecule has 8 heteroatoms. The fraction of sp³-hybridized carbons (Fsp3) is 0.333. The Morgan fingerprint density at radius 1 is 1.22 bits per heavy atom. The van der Waals surface area contributed by atoms with Gasteiger partial charge in [-0.2, -0.15) is 0 Å². The molecule has 2 rings (SSSR count). The van der Waals surface area contributed by atoms with Crippen molar-refractivity contribution in [1.82, 2.24) is 20.0 Å². The normalized spacial score (nSPS) is 10.5. The highest BCUT2D eigenvalue weighted by atomic mass is 16.4. The van der Waals surface area contributed by atoms with Gasteiger partial charge in [-0.15, -0.1) is 0 Å². The molecule has 2 aromatic heterocycles. The number of aryl methyl sites for hydroxylation is 2. The zero-order valence-corrected chi connectivity index (χ0v) is 12.9. The Kier molecular flexibility index (Phi) is 4.95. The zero-order valence-electron chi connectivity index (χ0n) is 12.9. The molecule has 0 aliphatic carbocycles. The molecule has 2 aromatic rings. The van der Waals surface area contributed by atoms with Crippen molar-refractivity contribution in [3.8, 4) is 0 Å². The van der Waals surface area contributed by atoms with Crippen molar-refractivity contribution in [2.75, 3.05) is 13.1 Å². The molecule has 0 aliphatic rings. The number of fused-ring (bicyclic) bond motifs is 1. The topological polar surface area (TPSA) is 113 Å². The summed E-state index contributed by atoms with van der Waals surface area (Å²) in [4.78, 5) is 38.3. The minimum Gasteiger partial charge on any atom is -0.480 e. The second-order valence-electron chi connectivity index (χ2n) is 5.00. The Morgan fingerprint density at radius 3 is 2.61 bits per heavy atom. The van der Waals surface area contributed by atoms with Gasteiger partial charge in [0.15, 0.2) is 0 Å². The van der Waals surface area contributed by atoms with Gasteiger partial charge >= 0.3 is 5.97 Å². The van der Waals surface area contributed by atoms with E-state index in [0.29, 0.717) is 5.56 Å². The summed E-state index contributed by atoms with van der Waals surface area (Å²) in [6, 6.07) is 3.37. The maximum Gasteiger partial charge on any atom is 0.322 e. The summed E-state index contributed by atoms with van der Waals surface area (Å²) >= 11 is 0. The zero-order chi connectivity index (χ0) is 17.0. The van der Waals surface area contributed by atoms with Crippen molar-refractivity contribution in [2.45, 2.75) is 20.3 Å². The lowest BCUT2D eigenvalue weighted by Crippen LogP contribution is -2.39. The van der Waals surface area contributed by atoms with Gasteiger partial charge in [-0.3, -0.25) is 14.4 Å². The van der Waals surface area contributed by atoms with Crippen LogP contribution < -0.4 is 10.6 Å². The van der Waals surface area contributed by atoms with Crippen molar-refractivity contribution in [2.24, 2.45) is 0 Å². The van der Waals surface area contributed by atoms with Crippen LogP contribution in [0.25, 0.3) is 5.65 Å². The molecule has 0 atom stereocenters. The summed E-state index contributed by atoms with van der Waals surface area (Å²) in [5.41, 5.74) is 3.09. The molecule has 2 amide bonds. The number of carbonyl (C=O) groups is 3. The van der Waals surface area contributed by atoms with Crippen LogP contribution in [0.15, 0.2) is 18.3 Å². The van der Waals surface area contributed by atoms with Crippen molar-refractivity contribution in [3.05, 3.63) is 35.3 Å². The summed E-state index contributed by atoms with van der Waals surface area (Å²) < 4.78 is 1.83. The highest BCUT2D eigenvalue weighted by molar-refractivity contribution is 5.96. The van der Waals surface area contributed by atoms with Crippen molar-refractivity contribution < 1.29 is 19.5 Å². The van der Waals surface area contributed by atoms with Gasteiger partial charge in [0.05, 0.1) is 17.8 Å². The average Bonchev–Trinajstić information content (AvgIpc) is 2.86. The van der Waals surface area contributed by atoms with E-state index >= 15 is 0 Å². The number of carboxylic acid groups (broad SMARTS) is 1. The van der Waals surface area contributed by atoms with E-state index in [2.05, 4.69) is 15.6 Å². The molecule has 0 radical (unpaired) electrons. The molecule has 122 valence electrons. The number of carbonyl (C=O) groups excluding carboxylic acids is 2. The van der Waals surface area contributed by atoms with Gasteiger partial charge in [0, 0.05) is 11.9 Å². The average molecular weight is 318 g/mol. The van der Waals surface area contributed by atoms with Crippen LogP contribution in [-0.4, -0.2) is 45.4 Å². The molecule has 23 heavy (non-hydrogen) atoms. The van der Waals surface area contributed by atoms with Crippen LogP contribution in [0.4, 0.5) is 0 Å². The van der Waals surface area contributed by atoms with Gasteiger partial charge in [0.2, 0.25) is 5.91 Å². The Labute approximate surface area is 132 Å².